The van der Waals surface area contributed by atoms with Crippen LogP contribution in [0.15, 0.2) is 12.2 Å². The van der Waals surface area contributed by atoms with Gasteiger partial charge in [0.05, 0.1) is 0 Å². The van der Waals surface area contributed by atoms with Crippen LogP contribution in [-0.2, 0) is 0 Å². The number of hydrogen-bond donors (Lipinski definition) is 1. The summed E-state index contributed by atoms with van der Waals surface area (Å²) in [4.78, 5) is 0. The van der Waals surface area contributed by atoms with Gasteiger partial charge < -0.3 is 5.32 Å². The lowest BCUT2D eigenvalue weighted by molar-refractivity contribution is 0.324. The maximum Gasteiger partial charge on any atom is 0.00983 e. The second-order valence-corrected chi connectivity index (χ2v) is 4.45. The summed E-state index contributed by atoms with van der Waals surface area (Å²) < 4.78 is 0. The van der Waals surface area contributed by atoms with Gasteiger partial charge in [-0.2, -0.15) is 0 Å². The molecule has 0 saturated carbocycles. The number of rotatable bonds is 1. The van der Waals surface area contributed by atoms with Gasteiger partial charge in [0, 0.05) is 6.04 Å². The van der Waals surface area contributed by atoms with Crippen LogP contribution in [0.2, 0.25) is 0 Å². The maximum atomic E-state index is 3.72. The van der Waals surface area contributed by atoms with Gasteiger partial charge in [-0.3, -0.25) is 0 Å². The number of allylic oxidation sites excluding steroid dienone is 2. The second kappa shape index (κ2) is 4.80. The molecule has 0 spiro atoms. The van der Waals surface area contributed by atoms with Gasteiger partial charge in [0.1, 0.15) is 0 Å². The highest BCUT2D eigenvalue weighted by molar-refractivity contribution is 4.94. The molecule has 2 aliphatic rings. The van der Waals surface area contributed by atoms with Crippen LogP contribution < -0.4 is 5.32 Å². The van der Waals surface area contributed by atoms with Crippen LogP contribution in [0.4, 0.5) is 0 Å². The molecule has 1 nitrogen and oxygen atoms in total. The lowest BCUT2D eigenvalue weighted by Crippen LogP contribution is -2.35. The average Bonchev–Trinajstić information content (AvgIpc) is 2.47. The highest BCUT2D eigenvalue weighted by Crippen LogP contribution is 2.25. The first-order valence-corrected chi connectivity index (χ1v) is 5.85. The lowest BCUT2D eigenvalue weighted by Gasteiger charge is -2.27. The van der Waals surface area contributed by atoms with E-state index in [9.17, 15) is 0 Å². The minimum Gasteiger partial charge on any atom is -0.314 e. The molecule has 2 unspecified atom stereocenters. The molecule has 1 aliphatic carbocycles. The minimum absolute atomic E-state index is 0.826. The second-order valence-electron chi connectivity index (χ2n) is 4.45. The average molecular weight is 179 g/mol. The standard InChI is InChI=1S/C12H21N/c1-3-7-11(8-4-1)12-9-5-2-6-10-13-12/h1,3,11-13H,2,4-10H2. The van der Waals surface area contributed by atoms with Gasteiger partial charge in [0.15, 0.2) is 0 Å². The Morgan fingerprint density at radius 3 is 2.85 bits per heavy atom. The Balaban J connectivity index is 1.86. The Bertz CT molecular complexity index is 166. The summed E-state index contributed by atoms with van der Waals surface area (Å²) in [5.41, 5.74) is 0. The normalized spacial score (nSPS) is 35.7. The summed E-state index contributed by atoms with van der Waals surface area (Å²) in [6.07, 6.45) is 14.4. The molecule has 2 atom stereocenters. The third-order valence-corrected chi connectivity index (χ3v) is 3.48. The Morgan fingerprint density at radius 2 is 2.00 bits per heavy atom. The van der Waals surface area contributed by atoms with E-state index in [4.69, 9.17) is 0 Å². The maximum absolute atomic E-state index is 3.72. The molecule has 0 aromatic carbocycles. The molecule has 0 aromatic rings. The largest absolute Gasteiger partial charge is 0.314 e. The third-order valence-electron chi connectivity index (χ3n) is 3.48. The third kappa shape index (κ3) is 2.57. The molecule has 2 rings (SSSR count). The van der Waals surface area contributed by atoms with E-state index >= 15 is 0 Å². The van der Waals surface area contributed by atoms with E-state index in [2.05, 4.69) is 17.5 Å². The van der Waals surface area contributed by atoms with Crippen molar-refractivity contribution >= 4 is 0 Å². The zero-order valence-electron chi connectivity index (χ0n) is 8.47. The summed E-state index contributed by atoms with van der Waals surface area (Å²) in [6, 6.07) is 0.826. The summed E-state index contributed by atoms with van der Waals surface area (Å²) in [7, 11) is 0. The van der Waals surface area contributed by atoms with E-state index in [-0.39, 0.29) is 0 Å². The first-order valence-electron chi connectivity index (χ1n) is 5.85. The monoisotopic (exact) mass is 179 g/mol. The Kier molecular flexibility index (Phi) is 3.42. The fraction of sp³-hybridized carbons (Fsp3) is 0.833. The smallest absolute Gasteiger partial charge is 0.00983 e. The van der Waals surface area contributed by atoms with Crippen molar-refractivity contribution in [3.8, 4) is 0 Å². The van der Waals surface area contributed by atoms with Gasteiger partial charge in [-0.15, -0.1) is 0 Å². The van der Waals surface area contributed by atoms with E-state index in [1.807, 2.05) is 0 Å². The summed E-state index contributed by atoms with van der Waals surface area (Å²) in [5.74, 6) is 0.933. The van der Waals surface area contributed by atoms with Crippen molar-refractivity contribution in [3.63, 3.8) is 0 Å². The molecule has 74 valence electrons. The van der Waals surface area contributed by atoms with Gasteiger partial charge >= 0.3 is 0 Å². The fourth-order valence-electron chi connectivity index (χ4n) is 2.64. The van der Waals surface area contributed by atoms with Crippen molar-refractivity contribution in [3.05, 3.63) is 12.2 Å². The number of nitrogens with one attached hydrogen (secondary N) is 1. The zero-order chi connectivity index (χ0) is 8.93. The molecule has 0 amide bonds. The highest BCUT2D eigenvalue weighted by atomic mass is 14.9. The van der Waals surface area contributed by atoms with E-state index in [0.29, 0.717) is 0 Å². The van der Waals surface area contributed by atoms with E-state index in [0.717, 1.165) is 12.0 Å². The zero-order valence-corrected chi connectivity index (χ0v) is 8.47. The minimum atomic E-state index is 0.826. The summed E-state index contributed by atoms with van der Waals surface area (Å²) >= 11 is 0. The first kappa shape index (κ1) is 9.26. The molecule has 13 heavy (non-hydrogen) atoms. The molecule has 1 N–H and O–H groups in total. The topological polar surface area (TPSA) is 12.0 Å². The number of hydrogen-bond acceptors (Lipinski definition) is 1. The summed E-state index contributed by atoms with van der Waals surface area (Å²) in [5, 5.41) is 3.72. The predicted octanol–water partition coefficient (Wildman–Crippen LogP) is 2.87. The molecule has 1 saturated heterocycles. The molecule has 0 aromatic heterocycles. The van der Waals surface area contributed by atoms with Crippen molar-refractivity contribution in [1.82, 2.24) is 5.32 Å². The highest BCUT2D eigenvalue weighted by Gasteiger charge is 2.21. The van der Waals surface area contributed by atoms with Gasteiger partial charge in [0.25, 0.3) is 0 Å². The first-order chi connectivity index (χ1) is 6.47. The van der Waals surface area contributed by atoms with Gasteiger partial charge in [0.2, 0.25) is 0 Å². The summed E-state index contributed by atoms with van der Waals surface area (Å²) in [6.45, 7) is 1.25. The van der Waals surface area contributed by atoms with Crippen molar-refractivity contribution < 1.29 is 0 Å². The molecular weight excluding hydrogens is 158 g/mol. The molecule has 0 radical (unpaired) electrons. The molecule has 1 fully saturated rings. The van der Waals surface area contributed by atoms with Gasteiger partial charge in [-0.1, -0.05) is 25.0 Å². The Labute approximate surface area is 81.6 Å². The molecule has 1 heterocycles. The Hall–Kier alpha value is -0.300. The van der Waals surface area contributed by atoms with Crippen molar-refractivity contribution in [1.29, 1.82) is 0 Å². The van der Waals surface area contributed by atoms with E-state index < -0.39 is 0 Å². The van der Waals surface area contributed by atoms with Gasteiger partial charge in [-0.05, 0) is 44.6 Å². The predicted molar refractivity (Wildman–Crippen MR) is 56.7 cm³/mol. The molecule has 1 heteroatoms. The van der Waals surface area contributed by atoms with Crippen LogP contribution in [0.25, 0.3) is 0 Å². The van der Waals surface area contributed by atoms with E-state index in [1.54, 1.807) is 0 Å². The molecule has 0 bridgehead atoms. The Morgan fingerprint density at radius 1 is 1.00 bits per heavy atom. The van der Waals surface area contributed by atoms with Crippen molar-refractivity contribution in [2.45, 2.75) is 51.0 Å². The molecule has 1 aliphatic heterocycles. The van der Waals surface area contributed by atoms with E-state index in [1.165, 1.54) is 51.5 Å². The van der Waals surface area contributed by atoms with Crippen LogP contribution in [0, 0.1) is 5.92 Å². The van der Waals surface area contributed by atoms with Crippen LogP contribution in [-0.4, -0.2) is 12.6 Å². The quantitative estimate of drug-likeness (QED) is 0.610. The van der Waals surface area contributed by atoms with Crippen molar-refractivity contribution in [2.24, 2.45) is 5.92 Å². The van der Waals surface area contributed by atoms with Crippen molar-refractivity contribution in [2.75, 3.05) is 6.54 Å². The SMILES string of the molecule is C1=CCC(C2CCCCCN2)CC1. The lowest BCUT2D eigenvalue weighted by atomic mass is 9.86. The van der Waals surface area contributed by atoms with Crippen LogP contribution in [0.3, 0.4) is 0 Å². The molecular formula is C12H21N. The fourth-order valence-corrected chi connectivity index (χ4v) is 2.64. The van der Waals surface area contributed by atoms with Crippen LogP contribution in [0.5, 0.6) is 0 Å². The van der Waals surface area contributed by atoms with Gasteiger partial charge in [-0.25, -0.2) is 0 Å². The van der Waals surface area contributed by atoms with Crippen LogP contribution in [0.1, 0.15) is 44.9 Å². The van der Waals surface area contributed by atoms with Crippen LogP contribution >= 0.6 is 0 Å².